The Morgan fingerprint density at radius 1 is 1.07 bits per heavy atom. The zero-order chi connectivity index (χ0) is 28.1. The van der Waals surface area contributed by atoms with Crippen molar-refractivity contribution < 1.29 is 14.3 Å². The van der Waals surface area contributed by atoms with Crippen molar-refractivity contribution in [3.63, 3.8) is 0 Å². The third-order valence-electron chi connectivity index (χ3n) is 6.30. The molecule has 0 saturated carbocycles. The lowest BCUT2D eigenvalue weighted by molar-refractivity contribution is -0.113. The fraction of sp³-hybridized carbons (Fsp3) is 0.161. The first-order valence-corrected chi connectivity index (χ1v) is 13.5. The standard InChI is InChI=1S/C31H26N4O4S/c1-3-38-24-15-13-21(14-16-24)28-27(29(36)34-23-10-5-4-6-11-23)20(2)33-31-35(28)30(37)26(40-31)19-22-9-7-8-12-25(22)39-18-17-32/h4-16,19,28H,3,18H2,1-2H3,(H,34,36)/b26-19-/t28-/m1/s1. The third-order valence-corrected chi connectivity index (χ3v) is 7.29. The van der Waals surface area contributed by atoms with Gasteiger partial charge in [-0.1, -0.05) is 59.9 Å². The molecule has 1 aromatic heterocycles. The molecule has 8 nitrogen and oxygen atoms in total. The molecule has 1 atom stereocenters. The van der Waals surface area contributed by atoms with Crippen molar-refractivity contribution in [2.45, 2.75) is 19.9 Å². The predicted molar refractivity (Wildman–Crippen MR) is 154 cm³/mol. The van der Waals surface area contributed by atoms with Crippen LogP contribution in [0.1, 0.15) is 31.0 Å². The summed E-state index contributed by atoms with van der Waals surface area (Å²) in [7, 11) is 0. The second kappa shape index (κ2) is 11.8. The maximum absolute atomic E-state index is 13.9. The largest absolute Gasteiger partial charge is 0.494 e. The Labute approximate surface area is 234 Å². The van der Waals surface area contributed by atoms with Gasteiger partial charge in [-0.25, -0.2) is 4.99 Å². The number of carbonyl (C=O) groups excluding carboxylic acids is 1. The minimum atomic E-state index is -0.706. The Kier molecular flexibility index (Phi) is 7.89. The van der Waals surface area contributed by atoms with Crippen LogP contribution in [-0.2, 0) is 4.79 Å². The first-order chi connectivity index (χ1) is 19.5. The van der Waals surface area contributed by atoms with E-state index in [0.717, 1.165) is 5.56 Å². The fourth-order valence-electron chi connectivity index (χ4n) is 4.54. The maximum atomic E-state index is 13.9. The van der Waals surface area contributed by atoms with E-state index in [1.165, 1.54) is 11.3 Å². The van der Waals surface area contributed by atoms with Crippen LogP contribution >= 0.6 is 11.3 Å². The number of hydrogen-bond donors (Lipinski definition) is 1. The number of nitrogens with one attached hydrogen (secondary N) is 1. The van der Waals surface area contributed by atoms with Gasteiger partial charge in [-0.15, -0.1) is 0 Å². The molecule has 1 aliphatic rings. The van der Waals surface area contributed by atoms with Gasteiger partial charge in [-0.3, -0.25) is 14.2 Å². The summed E-state index contributed by atoms with van der Waals surface area (Å²) in [5.74, 6) is 0.858. The minimum Gasteiger partial charge on any atom is -0.494 e. The fourth-order valence-corrected chi connectivity index (χ4v) is 5.58. The lowest BCUT2D eigenvalue weighted by atomic mass is 9.95. The number of para-hydroxylation sites is 2. The Balaban J connectivity index is 1.65. The van der Waals surface area contributed by atoms with Crippen LogP contribution in [0.15, 0.2) is 99.9 Å². The highest BCUT2D eigenvalue weighted by Crippen LogP contribution is 2.32. The van der Waals surface area contributed by atoms with E-state index in [9.17, 15) is 9.59 Å². The molecule has 40 heavy (non-hydrogen) atoms. The highest BCUT2D eigenvalue weighted by molar-refractivity contribution is 7.07. The lowest BCUT2D eigenvalue weighted by Crippen LogP contribution is -2.40. The van der Waals surface area contributed by atoms with E-state index >= 15 is 0 Å². The average Bonchev–Trinajstić information content (AvgIpc) is 3.27. The average molecular weight is 551 g/mol. The summed E-state index contributed by atoms with van der Waals surface area (Å²) in [6.07, 6.45) is 1.73. The molecule has 1 N–H and O–H groups in total. The molecular weight excluding hydrogens is 524 g/mol. The Bertz CT molecular complexity index is 1800. The van der Waals surface area contributed by atoms with E-state index in [1.807, 2.05) is 67.6 Å². The molecule has 0 unspecified atom stereocenters. The molecule has 0 fully saturated rings. The van der Waals surface area contributed by atoms with E-state index in [-0.39, 0.29) is 18.1 Å². The van der Waals surface area contributed by atoms with Crippen molar-refractivity contribution in [2.75, 3.05) is 18.5 Å². The van der Waals surface area contributed by atoms with E-state index in [1.54, 1.807) is 41.8 Å². The van der Waals surface area contributed by atoms with Crippen molar-refractivity contribution in [1.29, 1.82) is 5.26 Å². The summed E-state index contributed by atoms with van der Waals surface area (Å²) in [6, 6.07) is 25.0. The number of thiazole rings is 1. The number of allylic oxidation sites excluding steroid dienone is 1. The highest BCUT2D eigenvalue weighted by atomic mass is 32.1. The van der Waals surface area contributed by atoms with Crippen LogP contribution < -0.4 is 29.7 Å². The monoisotopic (exact) mass is 550 g/mol. The van der Waals surface area contributed by atoms with Crippen molar-refractivity contribution in [3.05, 3.63) is 121 Å². The summed E-state index contributed by atoms with van der Waals surface area (Å²) in [4.78, 5) is 32.8. The van der Waals surface area contributed by atoms with E-state index in [0.29, 0.717) is 50.0 Å². The molecule has 200 valence electrons. The molecule has 4 aromatic rings. The zero-order valence-electron chi connectivity index (χ0n) is 22.0. The molecular formula is C31H26N4O4S. The summed E-state index contributed by atoms with van der Waals surface area (Å²) < 4.78 is 13.2. The molecule has 1 aliphatic heterocycles. The smallest absolute Gasteiger partial charge is 0.271 e. The molecule has 0 saturated heterocycles. The van der Waals surface area contributed by atoms with Gasteiger partial charge in [0.25, 0.3) is 11.5 Å². The van der Waals surface area contributed by atoms with Gasteiger partial charge in [0.15, 0.2) is 11.4 Å². The number of amides is 1. The molecule has 3 aromatic carbocycles. The van der Waals surface area contributed by atoms with E-state index in [2.05, 4.69) is 10.3 Å². The van der Waals surface area contributed by atoms with Crippen LogP contribution in [0, 0.1) is 11.3 Å². The number of rotatable bonds is 8. The Morgan fingerprint density at radius 2 is 1.80 bits per heavy atom. The van der Waals surface area contributed by atoms with Gasteiger partial charge in [0, 0.05) is 11.3 Å². The van der Waals surface area contributed by atoms with Crippen molar-refractivity contribution in [1.82, 2.24) is 4.57 Å². The predicted octanol–water partition coefficient (Wildman–Crippen LogP) is 4.17. The number of benzene rings is 3. The van der Waals surface area contributed by atoms with Gasteiger partial charge in [0.05, 0.1) is 28.5 Å². The summed E-state index contributed by atoms with van der Waals surface area (Å²) in [5.41, 5.74) is 2.68. The molecule has 2 heterocycles. The second-order valence-corrected chi connectivity index (χ2v) is 9.90. The highest BCUT2D eigenvalue weighted by Gasteiger charge is 2.32. The van der Waals surface area contributed by atoms with Crippen LogP contribution in [0.25, 0.3) is 6.08 Å². The van der Waals surface area contributed by atoms with Crippen LogP contribution in [0.4, 0.5) is 5.69 Å². The third kappa shape index (κ3) is 5.44. The number of nitrogens with zero attached hydrogens (tertiary/aromatic N) is 3. The number of fused-ring (bicyclic) bond motifs is 1. The Hall–Kier alpha value is -4.94. The van der Waals surface area contributed by atoms with Crippen molar-refractivity contribution in [3.8, 4) is 17.6 Å². The first-order valence-electron chi connectivity index (χ1n) is 12.7. The van der Waals surface area contributed by atoms with Crippen molar-refractivity contribution in [2.24, 2.45) is 4.99 Å². The zero-order valence-corrected chi connectivity index (χ0v) is 22.8. The van der Waals surface area contributed by atoms with Gasteiger partial charge in [-0.2, -0.15) is 5.26 Å². The summed E-state index contributed by atoms with van der Waals surface area (Å²) in [5, 5.41) is 11.9. The van der Waals surface area contributed by atoms with Crippen LogP contribution in [0.2, 0.25) is 0 Å². The van der Waals surface area contributed by atoms with E-state index in [4.69, 9.17) is 14.7 Å². The number of hydrogen-bond acceptors (Lipinski definition) is 7. The lowest BCUT2D eigenvalue weighted by Gasteiger charge is -2.25. The molecule has 5 rings (SSSR count). The minimum absolute atomic E-state index is 0.108. The van der Waals surface area contributed by atoms with Gasteiger partial charge in [0.2, 0.25) is 0 Å². The maximum Gasteiger partial charge on any atom is 0.271 e. The molecule has 9 heteroatoms. The van der Waals surface area contributed by atoms with Crippen LogP contribution in [0.3, 0.4) is 0 Å². The summed E-state index contributed by atoms with van der Waals surface area (Å²) in [6.45, 7) is 4.11. The number of aromatic nitrogens is 1. The van der Waals surface area contributed by atoms with Crippen LogP contribution in [0.5, 0.6) is 11.5 Å². The Morgan fingerprint density at radius 3 is 2.52 bits per heavy atom. The van der Waals surface area contributed by atoms with E-state index < -0.39 is 6.04 Å². The number of ether oxygens (including phenoxy) is 2. The molecule has 1 amide bonds. The SMILES string of the molecule is CCOc1ccc([C@@H]2C(C(=O)Nc3ccccc3)=C(C)N=c3s/c(=C\c4ccccc4OCC#N)c(=O)n32)cc1. The summed E-state index contributed by atoms with van der Waals surface area (Å²) >= 11 is 1.24. The van der Waals surface area contributed by atoms with Gasteiger partial charge in [0.1, 0.15) is 17.6 Å². The number of nitriles is 1. The molecule has 0 radical (unpaired) electrons. The number of anilines is 1. The second-order valence-electron chi connectivity index (χ2n) is 8.89. The number of carbonyl (C=O) groups is 1. The molecule has 0 bridgehead atoms. The first kappa shape index (κ1) is 26.7. The van der Waals surface area contributed by atoms with Gasteiger partial charge in [-0.05, 0) is 55.8 Å². The quantitative estimate of drug-likeness (QED) is 0.354. The van der Waals surface area contributed by atoms with Gasteiger partial charge >= 0.3 is 0 Å². The molecule has 0 aliphatic carbocycles. The van der Waals surface area contributed by atoms with Crippen molar-refractivity contribution >= 4 is 29.0 Å². The normalized spacial score (nSPS) is 14.6. The van der Waals surface area contributed by atoms with Gasteiger partial charge < -0.3 is 14.8 Å². The molecule has 0 spiro atoms. The topological polar surface area (TPSA) is 106 Å². The van der Waals surface area contributed by atoms with Crippen LogP contribution in [-0.4, -0.2) is 23.7 Å².